The van der Waals surface area contributed by atoms with Crippen molar-refractivity contribution in [3.63, 3.8) is 0 Å². The van der Waals surface area contributed by atoms with Crippen molar-refractivity contribution in [2.45, 2.75) is 20.3 Å². The maximum absolute atomic E-state index is 3.43. The van der Waals surface area contributed by atoms with E-state index in [2.05, 4.69) is 29.8 Å². The van der Waals surface area contributed by atoms with E-state index in [1.807, 2.05) is 0 Å². The minimum Gasteiger partial charge on any atom is -0.0590 e. The number of allylic oxidation sites excluding steroid dienone is 2. The third kappa shape index (κ3) is 1.06. The molecule has 0 atom stereocenters. The van der Waals surface area contributed by atoms with Crippen LogP contribution in [0.5, 0.6) is 0 Å². The predicted molar refractivity (Wildman–Crippen MR) is 35.4 cm³/mol. The second kappa shape index (κ2) is 1.62. The molecule has 0 spiro atoms. The molecule has 0 saturated heterocycles. The Morgan fingerprint density at radius 3 is 2.00 bits per heavy atom. The van der Waals surface area contributed by atoms with Gasteiger partial charge in [-0.3, -0.25) is 0 Å². The van der Waals surface area contributed by atoms with Gasteiger partial charge in [0.15, 0.2) is 0 Å². The van der Waals surface area contributed by atoms with Crippen LogP contribution in [-0.4, -0.2) is 0 Å². The largest absolute Gasteiger partial charge is 0.0590 e. The van der Waals surface area contributed by atoms with Gasteiger partial charge in [-0.1, -0.05) is 35.4 Å². The van der Waals surface area contributed by atoms with Crippen molar-refractivity contribution in [1.82, 2.24) is 0 Å². The predicted octanol–water partition coefficient (Wildman–Crippen LogP) is 2.70. The lowest BCUT2D eigenvalue weighted by Gasteiger charge is -1.90. The zero-order chi connectivity index (χ0) is 5.44. The summed E-state index contributed by atoms with van der Waals surface area (Å²) in [5, 5.41) is 0. The van der Waals surface area contributed by atoms with Crippen LogP contribution in [0.4, 0.5) is 0 Å². The molecule has 0 aromatic rings. The molecule has 1 heteroatoms. The maximum Gasteiger partial charge on any atom is 0.00128 e. The Hall–Kier alpha value is 0.220. The molecule has 0 bridgehead atoms. The molecular formula is C6H9Br. The smallest absolute Gasteiger partial charge is 0.00128 e. The van der Waals surface area contributed by atoms with E-state index in [9.17, 15) is 0 Å². The van der Waals surface area contributed by atoms with Crippen LogP contribution in [0.3, 0.4) is 0 Å². The van der Waals surface area contributed by atoms with Gasteiger partial charge in [0.05, 0.1) is 0 Å². The first-order valence-electron chi connectivity index (χ1n) is 2.59. The van der Waals surface area contributed by atoms with Gasteiger partial charge in [0, 0.05) is 6.42 Å². The van der Waals surface area contributed by atoms with Gasteiger partial charge < -0.3 is 0 Å². The molecule has 1 rings (SSSR count). The van der Waals surface area contributed by atoms with Crippen molar-refractivity contribution in [3.8, 4) is 0 Å². The third-order valence-electron chi connectivity index (χ3n) is 1.27. The number of hydrogen-bond acceptors (Lipinski definition) is 0. The van der Waals surface area contributed by atoms with Crippen LogP contribution in [0.25, 0.3) is 0 Å². The molecule has 40 valence electrons. The lowest BCUT2D eigenvalue weighted by molar-refractivity contribution is 0.794. The lowest BCUT2D eigenvalue weighted by atomic mass is 10.2. The van der Waals surface area contributed by atoms with Crippen LogP contribution in [0.2, 0.25) is 0 Å². The van der Waals surface area contributed by atoms with Crippen molar-refractivity contribution in [3.05, 3.63) is 10.1 Å². The van der Waals surface area contributed by atoms with Crippen molar-refractivity contribution in [2.75, 3.05) is 0 Å². The average Bonchev–Trinajstić information content (AvgIpc) is 2.17. The zero-order valence-electron chi connectivity index (χ0n) is 4.66. The molecule has 0 aromatic carbocycles. The van der Waals surface area contributed by atoms with Crippen LogP contribution >= 0.6 is 15.9 Å². The number of hydrogen-bond donors (Lipinski definition) is 0. The summed E-state index contributed by atoms with van der Waals surface area (Å²) in [6.45, 7) is 4.45. The summed E-state index contributed by atoms with van der Waals surface area (Å²) < 4.78 is 1.43. The molecule has 0 saturated carbocycles. The first-order valence-corrected chi connectivity index (χ1v) is 3.38. The van der Waals surface area contributed by atoms with Crippen LogP contribution in [-0.2, 0) is 0 Å². The van der Waals surface area contributed by atoms with Crippen molar-refractivity contribution in [2.24, 2.45) is 5.92 Å². The van der Waals surface area contributed by atoms with Crippen LogP contribution < -0.4 is 0 Å². The zero-order valence-corrected chi connectivity index (χ0v) is 6.25. The Bertz CT molecular complexity index is 111. The summed E-state index contributed by atoms with van der Waals surface area (Å²) in [5.41, 5.74) is 1.60. The topological polar surface area (TPSA) is 0 Å². The summed E-state index contributed by atoms with van der Waals surface area (Å²) >= 11 is 3.43. The van der Waals surface area contributed by atoms with Gasteiger partial charge in [-0.05, 0) is 10.4 Å². The lowest BCUT2D eigenvalue weighted by Crippen LogP contribution is -1.77. The number of halogens is 1. The molecule has 1 aliphatic rings. The summed E-state index contributed by atoms with van der Waals surface area (Å²) in [6, 6.07) is 0. The SMILES string of the molecule is CC(C)C1=C(Br)C1. The summed E-state index contributed by atoms with van der Waals surface area (Å²) in [5.74, 6) is 0.773. The molecule has 0 amide bonds. The Kier molecular flexibility index (Phi) is 1.24. The monoisotopic (exact) mass is 160 g/mol. The average molecular weight is 161 g/mol. The van der Waals surface area contributed by atoms with E-state index in [1.165, 1.54) is 10.9 Å². The number of rotatable bonds is 1. The molecule has 0 aliphatic heterocycles. The fraction of sp³-hybridized carbons (Fsp3) is 0.667. The highest BCUT2D eigenvalue weighted by atomic mass is 79.9. The highest BCUT2D eigenvalue weighted by molar-refractivity contribution is 9.12. The molecule has 7 heavy (non-hydrogen) atoms. The van der Waals surface area contributed by atoms with E-state index >= 15 is 0 Å². The van der Waals surface area contributed by atoms with Gasteiger partial charge in [-0.2, -0.15) is 0 Å². The molecule has 0 heterocycles. The Balaban J connectivity index is 2.45. The van der Waals surface area contributed by atoms with Gasteiger partial charge in [0.25, 0.3) is 0 Å². The molecule has 0 N–H and O–H groups in total. The van der Waals surface area contributed by atoms with E-state index in [-0.39, 0.29) is 0 Å². The Morgan fingerprint density at radius 1 is 1.57 bits per heavy atom. The first-order chi connectivity index (χ1) is 3.22. The van der Waals surface area contributed by atoms with Crippen LogP contribution in [0, 0.1) is 5.92 Å². The molecule has 0 unspecified atom stereocenters. The highest BCUT2D eigenvalue weighted by Gasteiger charge is 2.20. The minimum absolute atomic E-state index is 0.773. The van der Waals surface area contributed by atoms with Crippen LogP contribution in [0.15, 0.2) is 10.1 Å². The van der Waals surface area contributed by atoms with Gasteiger partial charge in [-0.15, -0.1) is 0 Å². The van der Waals surface area contributed by atoms with Gasteiger partial charge in [0.2, 0.25) is 0 Å². The fourth-order valence-corrected chi connectivity index (χ4v) is 1.40. The normalized spacial score (nSPS) is 18.9. The Morgan fingerprint density at radius 2 is 2.00 bits per heavy atom. The fourth-order valence-electron chi connectivity index (χ4n) is 0.640. The summed E-state index contributed by atoms with van der Waals surface area (Å²) in [7, 11) is 0. The molecule has 1 aliphatic carbocycles. The molecule has 0 aromatic heterocycles. The maximum atomic E-state index is 3.43. The Labute approximate surface area is 52.7 Å². The van der Waals surface area contributed by atoms with E-state index in [1.54, 1.807) is 5.57 Å². The van der Waals surface area contributed by atoms with Gasteiger partial charge in [-0.25, -0.2) is 0 Å². The second-order valence-electron chi connectivity index (χ2n) is 2.26. The van der Waals surface area contributed by atoms with Gasteiger partial charge >= 0.3 is 0 Å². The first kappa shape index (κ1) is 5.36. The molecule has 0 nitrogen and oxygen atoms in total. The van der Waals surface area contributed by atoms with E-state index < -0.39 is 0 Å². The highest BCUT2D eigenvalue weighted by Crippen LogP contribution is 2.40. The molecule has 0 radical (unpaired) electrons. The quantitative estimate of drug-likeness (QED) is 0.554. The van der Waals surface area contributed by atoms with E-state index in [4.69, 9.17) is 0 Å². The summed E-state index contributed by atoms with van der Waals surface area (Å²) in [6.07, 6.45) is 1.23. The van der Waals surface area contributed by atoms with Crippen molar-refractivity contribution in [1.29, 1.82) is 0 Å². The van der Waals surface area contributed by atoms with Gasteiger partial charge in [0.1, 0.15) is 0 Å². The molecular weight excluding hydrogens is 152 g/mol. The van der Waals surface area contributed by atoms with Crippen molar-refractivity contribution >= 4 is 15.9 Å². The van der Waals surface area contributed by atoms with E-state index in [0.29, 0.717) is 0 Å². The van der Waals surface area contributed by atoms with Crippen molar-refractivity contribution < 1.29 is 0 Å². The van der Waals surface area contributed by atoms with Crippen LogP contribution in [0.1, 0.15) is 20.3 Å². The second-order valence-corrected chi connectivity index (χ2v) is 3.22. The standard InChI is InChI=1S/C6H9Br/c1-4(2)5-3-6(5)7/h4H,3H2,1-2H3. The minimum atomic E-state index is 0.773. The van der Waals surface area contributed by atoms with E-state index in [0.717, 1.165) is 5.92 Å². The molecule has 0 fully saturated rings. The third-order valence-corrected chi connectivity index (χ3v) is 2.06. The summed E-state index contributed by atoms with van der Waals surface area (Å²) in [4.78, 5) is 0.